The molecule has 2 heteroatoms. The Bertz CT molecular complexity index is 95.4. The highest BCUT2D eigenvalue weighted by Crippen LogP contribution is 2.24. The molecule has 0 amide bonds. The molecule has 1 fully saturated rings. The molecule has 0 aliphatic carbocycles. The van der Waals surface area contributed by atoms with Crippen LogP contribution < -0.4 is 0 Å². The summed E-state index contributed by atoms with van der Waals surface area (Å²) in [5.41, 5.74) is 0. The lowest BCUT2D eigenvalue weighted by Crippen LogP contribution is -2.30. The van der Waals surface area contributed by atoms with Gasteiger partial charge in [-0.1, -0.05) is 6.92 Å². The summed E-state index contributed by atoms with van der Waals surface area (Å²) >= 11 is 1.96. The highest BCUT2D eigenvalue weighted by Gasteiger charge is 2.27. The molecule has 1 heterocycles. The molecule has 2 unspecified atom stereocenters. The van der Waals surface area contributed by atoms with Gasteiger partial charge in [-0.15, -0.1) is 0 Å². The number of hydrogen-bond donors (Lipinski definition) is 0. The van der Waals surface area contributed by atoms with E-state index in [1.54, 1.807) is 0 Å². The predicted molar refractivity (Wildman–Crippen MR) is 48.6 cm³/mol. The number of nitrogens with zero attached hydrogens (tertiary/aromatic N) is 1. The Kier molecular flexibility index (Phi) is 3.05. The third-order valence-corrected chi connectivity index (χ3v) is 3.17. The van der Waals surface area contributed by atoms with Crippen LogP contribution >= 0.6 is 11.8 Å². The van der Waals surface area contributed by atoms with E-state index >= 15 is 0 Å². The number of hydrogen-bond acceptors (Lipinski definition) is 2. The summed E-state index contributed by atoms with van der Waals surface area (Å²) in [6.07, 6.45) is 3.58. The minimum Gasteiger partial charge on any atom is -0.302 e. The average Bonchev–Trinajstić information content (AvgIpc) is 2.20. The quantitative estimate of drug-likeness (QED) is 0.603. The first-order valence-electron chi connectivity index (χ1n) is 3.95. The van der Waals surface area contributed by atoms with Crippen LogP contribution in [-0.4, -0.2) is 36.5 Å². The van der Waals surface area contributed by atoms with Crippen molar-refractivity contribution in [2.75, 3.05) is 25.6 Å². The molecule has 2 atom stereocenters. The monoisotopic (exact) mass is 159 g/mol. The minimum absolute atomic E-state index is 0.843. The number of rotatable bonds is 2. The SMILES string of the molecule is CSCC1C(C)CCN1C. The molecule has 0 aromatic carbocycles. The van der Waals surface area contributed by atoms with E-state index in [0.29, 0.717) is 0 Å². The zero-order valence-electron chi connectivity index (χ0n) is 7.13. The van der Waals surface area contributed by atoms with Crippen molar-refractivity contribution in [3.05, 3.63) is 0 Å². The van der Waals surface area contributed by atoms with Crippen molar-refractivity contribution in [3.8, 4) is 0 Å². The van der Waals surface area contributed by atoms with Crippen LogP contribution in [0.2, 0.25) is 0 Å². The van der Waals surface area contributed by atoms with Gasteiger partial charge >= 0.3 is 0 Å². The standard InChI is InChI=1S/C8H17NS/c1-7-4-5-9(2)8(7)6-10-3/h7-8H,4-6H2,1-3H3. The molecule has 1 nitrogen and oxygen atoms in total. The first-order valence-corrected chi connectivity index (χ1v) is 5.34. The van der Waals surface area contributed by atoms with Crippen molar-refractivity contribution >= 4 is 11.8 Å². The van der Waals surface area contributed by atoms with Gasteiger partial charge in [-0.05, 0) is 32.2 Å². The molecule has 0 aromatic heterocycles. The molecule has 1 rings (SSSR count). The zero-order chi connectivity index (χ0) is 7.56. The van der Waals surface area contributed by atoms with Crippen molar-refractivity contribution in [3.63, 3.8) is 0 Å². The Balaban J connectivity index is 2.38. The maximum atomic E-state index is 2.49. The van der Waals surface area contributed by atoms with E-state index in [1.165, 1.54) is 18.7 Å². The lowest BCUT2D eigenvalue weighted by atomic mass is 10.1. The Hall–Kier alpha value is 0.310. The fourth-order valence-corrected chi connectivity index (χ4v) is 2.59. The van der Waals surface area contributed by atoms with E-state index in [0.717, 1.165) is 12.0 Å². The predicted octanol–water partition coefficient (Wildman–Crippen LogP) is 1.69. The third-order valence-electron chi connectivity index (χ3n) is 2.50. The summed E-state index contributed by atoms with van der Waals surface area (Å²) in [5, 5.41) is 0. The molecule has 0 radical (unpaired) electrons. The van der Waals surface area contributed by atoms with E-state index in [4.69, 9.17) is 0 Å². The van der Waals surface area contributed by atoms with Gasteiger partial charge in [0.15, 0.2) is 0 Å². The second-order valence-electron chi connectivity index (χ2n) is 3.27. The Labute approximate surface area is 68.2 Å². The summed E-state index contributed by atoms with van der Waals surface area (Å²) in [6.45, 7) is 3.66. The fraction of sp³-hybridized carbons (Fsp3) is 1.00. The van der Waals surface area contributed by atoms with E-state index in [-0.39, 0.29) is 0 Å². The molecular formula is C8H17NS. The molecule has 60 valence electrons. The highest BCUT2D eigenvalue weighted by atomic mass is 32.2. The molecule has 1 saturated heterocycles. The van der Waals surface area contributed by atoms with Crippen LogP contribution in [-0.2, 0) is 0 Å². The van der Waals surface area contributed by atoms with Gasteiger partial charge in [0.2, 0.25) is 0 Å². The molecule has 10 heavy (non-hydrogen) atoms. The topological polar surface area (TPSA) is 3.24 Å². The zero-order valence-corrected chi connectivity index (χ0v) is 7.95. The Morgan fingerprint density at radius 2 is 2.30 bits per heavy atom. The van der Waals surface area contributed by atoms with Crippen molar-refractivity contribution in [2.24, 2.45) is 5.92 Å². The minimum atomic E-state index is 0.843. The summed E-state index contributed by atoms with van der Waals surface area (Å²) in [5.74, 6) is 2.22. The van der Waals surface area contributed by atoms with Crippen LogP contribution in [0.4, 0.5) is 0 Å². The van der Waals surface area contributed by atoms with Crippen LogP contribution in [0.5, 0.6) is 0 Å². The normalized spacial score (nSPS) is 35.1. The molecule has 0 bridgehead atoms. The maximum Gasteiger partial charge on any atom is 0.0209 e. The summed E-state index contributed by atoms with van der Waals surface area (Å²) in [7, 11) is 2.24. The maximum absolute atomic E-state index is 2.49. The molecule has 1 aliphatic rings. The number of likely N-dealkylation sites (tertiary alicyclic amines) is 1. The molecule has 0 aromatic rings. The molecular weight excluding hydrogens is 142 g/mol. The van der Waals surface area contributed by atoms with Gasteiger partial charge in [0.1, 0.15) is 0 Å². The second-order valence-corrected chi connectivity index (χ2v) is 4.18. The molecule has 0 saturated carbocycles. The van der Waals surface area contributed by atoms with Crippen LogP contribution in [0, 0.1) is 5.92 Å². The first-order chi connectivity index (χ1) is 4.75. The molecule has 1 aliphatic heterocycles. The van der Waals surface area contributed by atoms with Crippen molar-refractivity contribution < 1.29 is 0 Å². The second kappa shape index (κ2) is 3.63. The third kappa shape index (κ3) is 1.67. The molecule has 0 N–H and O–H groups in total. The summed E-state index contributed by atoms with van der Waals surface area (Å²) < 4.78 is 0. The largest absolute Gasteiger partial charge is 0.302 e. The van der Waals surface area contributed by atoms with Crippen LogP contribution in [0.25, 0.3) is 0 Å². The van der Waals surface area contributed by atoms with Gasteiger partial charge in [-0.3, -0.25) is 0 Å². The van der Waals surface area contributed by atoms with Gasteiger partial charge < -0.3 is 4.90 Å². The van der Waals surface area contributed by atoms with Crippen molar-refractivity contribution in [1.82, 2.24) is 4.90 Å². The van der Waals surface area contributed by atoms with Gasteiger partial charge in [-0.25, -0.2) is 0 Å². The van der Waals surface area contributed by atoms with Crippen LogP contribution in [0.15, 0.2) is 0 Å². The van der Waals surface area contributed by atoms with Crippen molar-refractivity contribution in [2.45, 2.75) is 19.4 Å². The summed E-state index contributed by atoms with van der Waals surface area (Å²) in [4.78, 5) is 2.49. The Morgan fingerprint density at radius 1 is 1.60 bits per heavy atom. The Morgan fingerprint density at radius 3 is 2.70 bits per heavy atom. The summed E-state index contributed by atoms with van der Waals surface area (Å²) in [6, 6.07) is 0.843. The van der Waals surface area contributed by atoms with Gasteiger partial charge in [0.25, 0.3) is 0 Å². The van der Waals surface area contributed by atoms with Crippen LogP contribution in [0.1, 0.15) is 13.3 Å². The van der Waals surface area contributed by atoms with E-state index in [1.807, 2.05) is 11.8 Å². The van der Waals surface area contributed by atoms with E-state index in [9.17, 15) is 0 Å². The fourth-order valence-electron chi connectivity index (χ4n) is 1.66. The lowest BCUT2D eigenvalue weighted by Gasteiger charge is -2.21. The van der Waals surface area contributed by atoms with Crippen LogP contribution in [0.3, 0.4) is 0 Å². The number of thioether (sulfide) groups is 1. The van der Waals surface area contributed by atoms with Gasteiger partial charge in [0.05, 0.1) is 0 Å². The van der Waals surface area contributed by atoms with Gasteiger partial charge in [-0.2, -0.15) is 11.8 Å². The lowest BCUT2D eigenvalue weighted by molar-refractivity contribution is 0.306. The van der Waals surface area contributed by atoms with E-state index in [2.05, 4.69) is 25.1 Å². The van der Waals surface area contributed by atoms with Gasteiger partial charge in [0, 0.05) is 11.8 Å². The smallest absolute Gasteiger partial charge is 0.0209 e. The first kappa shape index (κ1) is 8.41. The van der Waals surface area contributed by atoms with Crippen molar-refractivity contribution in [1.29, 1.82) is 0 Å². The average molecular weight is 159 g/mol. The highest BCUT2D eigenvalue weighted by molar-refractivity contribution is 7.98. The van der Waals surface area contributed by atoms with E-state index < -0.39 is 0 Å². The molecule has 0 spiro atoms.